The molecule has 1 N–H and O–H groups in total. The molecule has 0 aliphatic heterocycles. The highest BCUT2D eigenvalue weighted by molar-refractivity contribution is 5.71. The summed E-state index contributed by atoms with van der Waals surface area (Å²) in [7, 11) is 0. The van der Waals surface area contributed by atoms with Crippen molar-refractivity contribution in [2.75, 3.05) is 0 Å². The molecule has 1 aliphatic carbocycles. The zero-order valence-electron chi connectivity index (χ0n) is 11.4. The average molecular weight is 302 g/mol. The van der Waals surface area contributed by atoms with Gasteiger partial charge in [0.15, 0.2) is 0 Å². The highest BCUT2D eigenvalue weighted by Gasteiger charge is 2.33. The molecule has 1 saturated carbocycles. The largest absolute Gasteiger partial charge is 0.573 e. The second-order valence-corrected chi connectivity index (χ2v) is 5.31. The minimum Gasteiger partial charge on any atom is -0.481 e. The number of alkyl halides is 3. The van der Waals surface area contributed by atoms with Crippen LogP contribution in [0.1, 0.15) is 43.6 Å². The van der Waals surface area contributed by atoms with Crippen LogP contribution in [0.2, 0.25) is 0 Å². The van der Waals surface area contributed by atoms with Crippen molar-refractivity contribution in [3.63, 3.8) is 0 Å². The van der Waals surface area contributed by atoms with Gasteiger partial charge in [-0.15, -0.1) is 13.2 Å². The first kappa shape index (κ1) is 15.7. The molecular weight excluding hydrogens is 285 g/mol. The minimum absolute atomic E-state index is 0.262. The molecule has 0 aromatic heterocycles. The van der Waals surface area contributed by atoms with E-state index in [2.05, 4.69) is 4.74 Å². The van der Waals surface area contributed by atoms with Gasteiger partial charge in [-0.05, 0) is 36.5 Å². The summed E-state index contributed by atoms with van der Waals surface area (Å²) >= 11 is 0. The summed E-state index contributed by atoms with van der Waals surface area (Å²) < 4.78 is 40.7. The van der Waals surface area contributed by atoms with Crippen LogP contribution in [-0.4, -0.2) is 17.4 Å². The van der Waals surface area contributed by atoms with Gasteiger partial charge in [0, 0.05) is 0 Å². The molecule has 1 aromatic rings. The third-order valence-electron chi connectivity index (χ3n) is 3.85. The quantitative estimate of drug-likeness (QED) is 0.845. The molecule has 0 bridgehead atoms. The summed E-state index contributed by atoms with van der Waals surface area (Å²) in [5.41, 5.74) is 0.603. The number of carboxylic acids is 1. The van der Waals surface area contributed by atoms with E-state index >= 15 is 0 Å². The molecule has 0 heterocycles. The number of rotatable bonds is 3. The lowest BCUT2D eigenvalue weighted by Crippen LogP contribution is -2.21. The van der Waals surface area contributed by atoms with E-state index in [1.807, 2.05) is 0 Å². The first-order valence-electron chi connectivity index (χ1n) is 6.95. The van der Waals surface area contributed by atoms with Crippen LogP contribution in [0.15, 0.2) is 24.3 Å². The van der Waals surface area contributed by atoms with Gasteiger partial charge in [0.1, 0.15) is 5.75 Å². The van der Waals surface area contributed by atoms with Gasteiger partial charge in [-0.2, -0.15) is 0 Å². The third-order valence-corrected chi connectivity index (χ3v) is 3.85. The fraction of sp³-hybridized carbons (Fsp3) is 0.533. The smallest absolute Gasteiger partial charge is 0.481 e. The number of ether oxygens (including phenoxy) is 1. The fourth-order valence-corrected chi connectivity index (χ4v) is 2.94. The summed E-state index contributed by atoms with van der Waals surface area (Å²) in [5.74, 6) is -1.99. The van der Waals surface area contributed by atoms with Gasteiger partial charge in [-0.25, -0.2) is 0 Å². The monoisotopic (exact) mass is 302 g/mol. The fourth-order valence-electron chi connectivity index (χ4n) is 2.94. The number of halogens is 3. The molecule has 0 amide bonds. The van der Waals surface area contributed by atoms with Crippen molar-refractivity contribution in [2.24, 2.45) is 5.92 Å². The van der Waals surface area contributed by atoms with E-state index in [9.17, 15) is 23.1 Å². The molecule has 0 spiro atoms. The lowest BCUT2D eigenvalue weighted by atomic mass is 9.82. The summed E-state index contributed by atoms with van der Waals surface area (Å²) in [6.45, 7) is 0. The number of aliphatic carboxylic acids is 1. The van der Waals surface area contributed by atoms with Crippen LogP contribution >= 0.6 is 0 Å². The van der Waals surface area contributed by atoms with E-state index in [4.69, 9.17) is 0 Å². The molecule has 1 aromatic carbocycles. The molecule has 2 rings (SSSR count). The highest BCUT2D eigenvalue weighted by atomic mass is 19.4. The van der Waals surface area contributed by atoms with Gasteiger partial charge in [-0.1, -0.05) is 31.4 Å². The van der Waals surface area contributed by atoms with Crippen LogP contribution in [-0.2, 0) is 4.79 Å². The van der Waals surface area contributed by atoms with Crippen LogP contribution in [0.4, 0.5) is 13.2 Å². The summed E-state index contributed by atoms with van der Waals surface area (Å²) in [6.07, 6.45) is -0.824. The lowest BCUT2D eigenvalue weighted by Gasteiger charge is -2.22. The Kier molecular flexibility index (Phi) is 4.75. The van der Waals surface area contributed by atoms with Crippen molar-refractivity contribution in [3.8, 4) is 5.75 Å². The lowest BCUT2D eigenvalue weighted by molar-refractivity contribution is -0.274. The summed E-state index contributed by atoms with van der Waals surface area (Å²) in [4.78, 5) is 11.4. The van der Waals surface area contributed by atoms with Crippen molar-refractivity contribution in [3.05, 3.63) is 29.8 Å². The molecule has 1 aliphatic rings. The predicted molar refractivity (Wildman–Crippen MR) is 70.1 cm³/mol. The van der Waals surface area contributed by atoms with Gasteiger partial charge in [0.25, 0.3) is 0 Å². The van der Waals surface area contributed by atoms with Gasteiger partial charge in [-0.3, -0.25) is 4.79 Å². The van der Waals surface area contributed by atoms with Crippen LogP contribution in [0, 0.1) is 5.92 Å². The predicted octanol–water partition coefficient (Wildman–Crippen LogP) is 4.33. The summed E-state index contributed by atoms with van der Waals surface area (Å²) in [5, 5.41) is 9.34. The second-order valence-electron chi connectivity index (χ2n) is 5.31. The van der Waals surface area contributed by atoms with E-state index in [1.165, 1.54) is 18.2 Å². The molecule has 6 heteroatoms. The molecule has 2 unspecified atom stereocenters. The van der Waals surface area contributed by atoms with Gasteiger partial charge >= 0.3 is 12.3 Å². The van der Waals surface area contributed by atoms with Crippen molar-refractivity contribution in [1.29, 1.82) is 0 Å². The van der Waals surface area contributed by atoms with E-state index in [0.29, 0.717) is 18.4 Å². The van der Waals surface area contributed by atoms with E-state index in [1.54, 1.807) is 6.07 Å². The molecule has 21 heavy (non-hydrogen) atoms. The van der Waals surface area contributed by atoms with Gasteiger partial charge in [0.2, 0.25) is 0 Å². The first-order chi connectivity index (χ1) is 9.87. The molecule has 1 fully saturated rings. The van der Waals surface area contributed by atoms with E-state index in [-0.39, 0.29) is 11.7 Å². The molecule has 0 saturated heterocycles. The number of benzene rings is 1. The zero-order chi connectivity index (χ0) is 15.5. The maximum Gasteiger partial charge on any atom is 0.573 e. The third kappa shape index (κ3) is 4.37. The Bertz CT molecular complexity index is 499. The Hall–Kier alpha value is -1.72. The SMILES string of the molecule is O=C(O)C1CCCCCC1c1cccc(OC(F)(F)F)c1. The first-order valence-corrected chi connectivity index (χ1v) is 6.95. The number of hydrogen-bond donors (Lipinski definition) is 1. The number of hydrogen-bond acceptors (Lipinski definition) is 2. The van der Waals surface area contributed by atoms with Crippen molar-refractivity contribution < 1.29 is 27.8 Å². The highest BCUT2D eigenvalue weighted by Crippen LogP contribution is 2.38. The van der Waals surface area contributed by atoms with Crippen LogP contribution < -0.4 is 4.74 Å². The second kappa shape index (κ2) is 6.37. The summed E-state index contributed by atoms with van der Waals surface area (Å²) in [6, 6.07) is 5.68. The van der Waals surface area contributed by atoms with E-state index < -0.39 is 18.2 Å². The Balaban J connectivity index is 2.25. The Morgan fingerprint density at radius 2 is 1.90 bits per heavy atom. The normalized spacial score (nSPS) is 23.4. The van der Waals surface area contributed by atoms with E-state index in [0.717, 1.165) is 19.3 Å². The van der Waals surface area contributed by atoms with Crippen molar-refractivity contribution in [2.45, 2.75) is 44.4 Å². The molecular formula is C15H17F3O3. The van der Waals surface area contributed by atoms with Gasteiger partial charge in [0.05, 0.1) is 5.92 Å². The average Bonchev–Trinajstić information content (AvgIpc) is 2.62. The zero-order valence-corrected chi connectivity index (χ0v) is 11.4. The minimum atomic E-state index is -4.74. The van der Waals surface area contributed by atoms with Crippen molar-refractivity contribution in [1.82, 2.24) is 0 Å². The Labute approximate surface area is 120 Å². The van der Waals surface area contributed by atoms with Crippen LogP contribution in [0.5, 0.6) is 5.75 Å². The molecule has 0 radical (unpaired) electrons. The Morgan fingerprint density at radius 1 is 1.19 bits per heavy atom. The van der Waals surface area contributed by atoms with Gasteiger partial charge < -0.3 is 9.84 Å². The molecule has 2 atom stereocenters. The molecule has 3 nitrogen and oxygen atoms in total. The van der Waals surface area contributed by atoms with Crippen LogP contribution in [0.3, 0.4) is 0 Å². The maximum absolute atomic E-state index is 12.3. The standard InChI is InChI=1S/C15H17F3O3/c16-15(17,18)21-11-6-4-5-10(9-11)12-7-2-1-3-8-13(12)14(19)20/h4-6,9,12-13H,1-3,7-8H2,(H,19,20). The van der Waals surface area contributed by atoms with Crippen molar-refractivity contribution >= 4 is 5.97 Å². The maximum atomic E-state index is 12.3. The topological polar surface area (TPSA) is 46.5 Å². The van der Waals surface area contributed by atoms with Crippen LogP contribution in [0.25, 0.3) is 0 Å². The number of carbonyl (C=O) groups is 1. The molecule has 116 valence electrons. The Morgan fingerprint density at radius 3 is 2.57 bits per heavy atom. The number of carboxylic acid groups (broad SMARTS) is 1.